The van der Waals surface area contributed by atoms with Crippen molar-refractivity contribution in [1.82, 2.24) is 9.97 Å². The Hall–Kier alpha value is -2.96. The quantitative estimate of drug-likeness (QED) is 0.321. The fraction of sp³-hybridized carbons (Fsp3) is 0.0952. The highest BCUT2D eigenvalue weighted by atomic mass is 35.5. The molecule has 0 aliphatic carbocycles. The second-order valence-corrected chi connectivity index (χ2v) is 7.23. The molecule has 0 saturated heterocycles. The second-order valence-electron chi connectivity index (χ2n) is 5.93. The van der Waals surface area contributed by atoms with Crippen LogP contribution in [0.4, 0.5) is 5.82 Å². The van der Waals surface area contributed by atoms with Crippen LogP contribution < -0.4 is 10.2 Å². The van der Waals surface area contributed by atoms with E-state index in [1.807, 2.05) is 55.5 Å². The van der Waals surface area contributed by atoms with E-state index < -0.39 is 0 Å². The van der Waals surface area contributed by atoms with Gasteiger partial charge in [0.1, 0.15) is 16.9 Å². The molecular formula is C21H17ClN4OS. The third kappa shape index (κ3) is 3.98. The Morgan fingerprint density at radius 3 is 2.64 bits per heavy atom. The van der Waals surface area contributed by atoms with Gasteiger partial charge in [0.15, 0.2) is 5.82 Å². The highest BCUT2D eigenvalue weighted by Gasteiger charge is 2.12. The lowest BCUT2D eigenvalue weighted by Gasteiger charge is -2.05. The number of nitrogens with zero attached hydrogens (tertiary/aromatic N) is 3. The zero-order valence-corrected chi connectivity index (χ0v) is 16.7. The molecule has 2 heterocycles. The molecule has 7 heteroatoms. The highest BCUT2D eigenvalue weighted by Crippen LogP contribution is 2.36. The average molecular weight is 409 g/mol. The molecule has 0 spiro atoms. The summed E-state index contributed by atoms with van der Waals surface area (Å²) in [6, 6.07) is 15.5. The van der Waals surface area contributed by atoms with Crippen LogP contribution in [-0.2, 0) is 0 Å². The van der Waals surface area contributed by atoms with Crippen molar-refractivity contribution >= 4 is 45.2 Å². The van der Waals surface area contributed by atoms with Crippen LogP contribution in [0.1, 0.15) is 12.5 Å². The van der Waals surface area contributed by atoms with E-state index in [2.05, 4.69) is 25.9 Å². The average Bonchev–Trinajstić information content (AvgIpc) is 3.15. The van der Waals surface area contributed by atoms with Crippen molar-refractivity contribution in [2.75, 3.05) is 12.0 Å². The van der Waals surface area contributed by atoms with Crippen molar-refractivity contribution in [1.29, 1.82) is 0 Å². The number of aromatic nitrogens is 2. The number of hydrogen-bond acceptors (Lipinski definition) is 6. The van der Waals surface area contributed by atoms with Crippen LogP contribution in [0.25, 0.3) is 21.3 Å². The monoisotopic (exact) mass is 408 g/mol. The number of fused-ring (bicyclic) bond motifs is 1. The van der Waals surface area contributed by atoms with Gasteiger partial charge in [0.05, 0.1) is 18.2 Å². The van der Waals surface area contributed by atoms with Crippen LogP contribution in [0.15, 0.2) is 65.3 Å². The van der Waals surface area contributed by atoms with E-state index in [4.69, 9.17) is 16.3 Å². The summed E-state index contributed by atoms with van der Waals surface area (Å²) in [5.74, 6) is 1.51. The predicted octanol–water partition coefficient (Wildman–Crippen LogP) is 5.86. The molecule has 0 aliphatic rings. The number of thiophene rings is 1. The van der Waals surface area contributed by atoms with Crippen molar-refractivity contribution in [2.45, 2.75) is 6.92 Å². The van der Waals surface area contributed by atoms with E-state index in [0.717, 1.165) is 32.7 Å². The van der Waals surface area contributed by atoms with E-state index in [1.54, 1.807) is 23.9 Å². The number of anilines is 1. The molecule has 0 saturated carbocycles. The van der Waals surface area contributed by atoms with Crippen LogP contribution in [0.5, 0.6) is 5.75 Å². The third-order valence-corrected chi connectivity index (χ3v) is 5.24. The Kier molecular flexibility index (Phi) is 5.50. The number of halogens is 1. The van der Waals surface area contributed by atoms with Crippen molar-refractivity contribution in [3.8, 4) is 16.9 Å². The van der Waals surface area contributed by atoms with Gasteiger partial charge in [0, 0.05) is 16.0 Å². The largest absolute Gasteiger partial charge is 0.494 e. The first kappa shape index (κ1) is 18.4. The topological polar surface area (TPSA) is 59.4 Å². The Labute approximate surface area is 171 Å². The lowest BCUT2D eigenvalue weighted by atomic mass is 10.1. The molecule has 0 bridgehead atoms. The van der Waals surface area contributed by atoms with E-state index in [9.17, 15) is 0 Å². The zero-order valence-electron chi connectivity index (χ0n) is 15.1. The Morgan fingerprint density at radius 1 is 1.11 bits per heavy atom. The van der Waals surface area contributed by atoms with Crippen LogP contribution in [-0.4, -0.2) is 22.8 Å². The van der Waals surface area contributed by atoms with Gasteiger partial charge in [-0.15, -0.1) is 11.3 Å². The fourth-order valence-electron chi connectivity index (χ4n) is 2.79. The molecule has 0 amide bonds. The van der Waals surface area contributed by atoms with E-state index >= 15 is 0 Å². The molecule has 2 aromatic heterocycles. The molecule has 28 heavy (non-hydrogen) atoms. The molecule has 1 N–H and O–H groups in total. The molecule has 0 unspecified atom stereocenters. The first-order valence-corrected chi connectivity index (χ1v) is 10.0. The van der Waals surface area contributed by atoms with Gasteiger partial charge in [-0.3, -0.25) is 5.43 Å². The van der Waals surface area contributed by atoms with Crippen molar-refractivity contribution in [3.05, 3.63) is 70.8 Å². The first-order valence-electron chi connectivity index (χ1n) is 8.74. The number of hydrazone groups is 1. The van der Waals surface area contributed by atoms with E-state index in [-0.39, 0.29) is 0 Å². The van der Waals surface area contributed by atoms with Crippen molar-refractivity contribution in [2.24, 2.45) is 5.10 Å². The molecule has 4 aromatic rings. The molecular weight excluding hydrogens is 392 g/mol. The maximum Gasteiger partial charge on any atom is 0.159 e. The number of benzene rings is 2. The van der Waals surface area contributed by atoms with Gasteiger partial charge in [0.25, 0.3) is 0 Å². The van der Waals surface area contributed by atoms with Gasteiger partial charge in [0.2, 0.25) is 0 Å². The van der Waals surface area contributed by atoms with Gasteiger partial charge < -0.3 is 4.74 Å². The summed E-state index contributed by atoms with van der Waals surface area (Å²) >= 11 is 7.59. The van der Waals surface area contributed by atoms with E-state index in [1.165, 1.54) is 0 Å². The minimum atomic E-state index is 0.648. The van der Waals surface area contributed by atoms with Gasteiger partial charge in [-0.05, 0) is 54.4 Å². The minimum Gasteiger partial charge on any atom is -0.494 e. The number of rotatable bonds is 6. The van der Waals surface area contributed by atoms with E-state index in [0.29, 0.717) is 17.4 Å². The Morgan fingerprint density at radius 2 is 1.89 bits per heavy atom. The minimum absolute atomic E-state index is 0.648. The molecule has 2 aromatic carbocycles. The van der Waals surface area contributed by atoms with Crippen LogP contribution in [0.2, 0.25) is 5.02 Å². The summed E-state index contributed by atoms with van der Waals surface area (Å²) < 4.78 is 5.45. The lowest BCUT2D eigenvalue weighted by Crippen LogP contribution is -1.96. The van der Waals surface area contributed by atoms with Crippen molar-refractivity contribution < 1.29 is 4.74 Å². The second kappa shape index (κ2) is 8.37. The number of nitrogens with one attached hydrogen (secondary N) is 1. The van der Waals surface area contributed by atoms with Crippen LogP contribution in [0.3, 0.4) is 0 Å². The molecule has 0 radical (unpaired) electrons. The molecule has 4 rings (SSSR count). The van der Waals surface area contributed by atoms with Gasteiger partial charge in [-0.1, -0.05) is 23.7 Å². The lowest BCUT2D eigenvalue weighted by molar-refractivity contribution is 0.340. The molecule has 0 fully saturated rings. The normalized spacial score (nSPS) is 11.2. The first-order chi connectivity index (χ1) is 13.7. The SMILES string of the molecule is CCOc1ccc(C=NNc2ncnc3scc(-c4ccc(Cl)cc4)c23)cc1. The third-order valence-electron chi connectivity index (χ3n) is 4.10. The summed E-state index contributed by atoms with van der Waals surface area (Å²) in [6.45, 7) is 2.61. The number of ether oxygens (including phenoxy) is 1. The van der Waals surface area contributed by atoms with Gasteiger partial charge >= 0.3 is 0 Å². The molecule has 5 nitrogen and oxygen atoms in total. The zero-order chi connectivity index (χ0) is 19.3. The van der Waals surface area contributed by atoms with Gasteiger partial charge in [-0.25, -0.2) is 9.97 Å². The standard InChI is InChI=1S/C21H17ClN4OS/c1-2-27-17-9-3-14(4-10-17)11-25-26-20-19-18(12-28-21(19)24-13-23-20)15-5-7-16(22)8-6-15/h3-13H,2H2,1H3,(H,23,24,26). The molecule has 0 aliphatic heterocycles. The Bertz CT molecular complexity index is 1110. The highest BCUT2D eigenvalue weighted by molar-refractivity contribution is 7.17. The smallest absolute Gasteiger partial charge is 0.159 e. The summed E-state index contributed by atoms with van der Waals surface area (Å²) in [7, 11) is 0. The summed E-state index contributed by atoms with van der Waals surface area (Å²) in [5, 5.41) is 8.07. The van der Waals surface area contributed by atoms with Crippen LogP contribution >= 0.6 is 22.9 Å². The number of hydrogen-bond donors (Lipinski definition) is 1. The maximum atomic E-state index is 6.02. The van der Waals surface area contributed by atoms with Gasteiger partial charge in [-0.2, -0.15) is 5.10 Å². The molecule has 0 atom stereocenters. The summed E-state index contributed by atoms with van der Waals surface area (Å²) in [6.07, 6.45) is 3.29. The summed E-state index contributed by atoms with van der Waals surface area (Å²) in [4.78, 5) is 9.65. The van der Waals surface area contributed by atoms with Crippen LogP contribution in [0, 0.1) is 0 Å². The fourth-order valence-corrected chi connectivity index (χ4v) is 3.83. The predicted molar refractivity (Wildman–Crippen MR) is 117 cm³/mol. The Balaban J connectivity index is 1.60. The summed E-state index contributed by atoms with van der Waals surface area (Å²) in [5.41, 5.74) is 6.12. The van der Waals surface area contributed by atoms with Crippen molar-refractivity contribution in [3.63, 3.8) is 0 Å². The maximum absolute atomic E-state index is 6.02. The molecule has 140 valence electrons.